The van der Waals surface area contributed by atoms with E-state index in [1.165, 1.54) is 18.2 Å². The number of carboxylic acid groups (broad SMARTS) is 1. The van der Waals surface area contributed by atoms with E-state index in [9.17, 15) is 9.59 Å². The van der Waals surface area contributed by atoms with Crippen LogP contribution in [-0.2, 0) is 6.54 Å². The summed E-state index contributed by atoms with van der Waals surface area (Å²) in [6.07, 6.45) is 1.83. The van der Waals surface area contributed by atoms with Crippen LogP contribution >= 0.6 is 0 Å². The van der Waals surface area contributed by atoms with Gasteiger partial charge in [-0.25, -0.2) is 9.78 Å². The minimum atomic E-state index is -1.16. The number of methoxy groups -OCH3 is 2. The van der Waals surface area contributed by atoms with E-state index in [0.29, 0.717) is 18.0 Å². The van der Waals surface area contributed by atoms with Crippen molar-refractivity contribution in [3.05, 3.63) is 53.3 Å². The number of aromatic nitrogens is 1. The van der Waals surface area contributed by atoms with E-state index in [2.05, 4.69) is 4.98 Å². The van der Waals surface area contributed by atoms with Crippen molar-refractivity contribution in [2.45, 2.75) is 25.4 Å². The van der Waals surface area contributed by atoms with Crippen molar-refractivity contribution in [3.63, 3.8) is 0 Å². The van der Waals surface area contributed by atoms with E-state index in [1.54, 1.807) is 31.3 Å². The summed E-state index contributed by atoms with van der Waals surface area (Å²) in [4.78, 5) is 29.8. The number of aromatic carboxylic acids is 1. The van der Waals surface area contributed by atoms with Crippen LogP contribution in [0.25, 0.3) is 0 Å². The molecule has 0 unspecified atom stereocenters. The lowest BCUT2D eigenvalue weighted by Crippen LogP contribution is -2.33. The van der Waals surface area contributed by atoms with Gasteiger partial charge in [0.1, 0.15) is 22.9 Å². The Bertz CT molecular complexity index is 832. The van der Waals surface area contributed by atoms with Gasteiger partial charge in [0.15, 0.2) is 0 Å². The van der Waals surface area contributed by atoms with E-state index in [4.69, 9.17) is 14.6 Å². The highest BCUT2D eigenvalue weighted by Gasteiger charge is 2.34. The summed E-state index contributed by atoms with van der Waals surface area (Å²) < 4.78 is 10.7. The fourth-order valence-electron chi connectivity index (χ4n) is 2.76. The Balaban J connectivity index is 1.90. The van der Waals surface area contributed by atoms with Gasteiger partial charge in [0.05, 0.1) is 20.8 Å². The van der Waals surface area contributed by atoms with Gasteiger partial charge in [-0.1, -0.05) is 6.07 Å². The first kappa shape index (κ1) is 17.7. The van der Waals surface area contributed by atoms with Crippen molar-refractivity contribution in [1.29, 1.82) is 0 Å². The number of carbonyl (C=O) groups excluding carboxylic acids is 1. The maximum atomic E-state index is 13.0. The van der Waals surface area contributed by atoms with Gasteiger partial charge in [-0.15, -0.1) is 0 Å². The molecule has 1 saturated carbocycles. The molecular weight excluding hydrogens is 336 g/mol. The summed E-state index contributed by atoms with van der Waals surface area (Å²) in [6, 6.07) is 9.98. The van der Waals surface area contributed by atoms with Crippen LogP contribution in [0.2, 0.25) is 0 Å². The van der Waals surface area contributed by atoms with Crippen molar-refractivity contribution in [3.8, 4) is 11.5 Å². The highest BCUT2D eigenvalue weighted by Crippen LogP contribution is 2.32. The Hall–Kier alpha value is -3.09. The predicted octanol–water partition coefficient (Wildman–Crippen LogP) is 2.60. The molecule has 0 radical (unpaired) electrons. The molecule has 7 nitrogen and oxygen atoms in total. The van der Waals surface area contributed by atoms with Crippen LogP contribution in [0.5, 0.6) is 11.5 Å². The number of pyridine rings is 1. The first-order chi connectivity index (χ1) is 12.5. The summed E-state index contributed by atoms with van der Waals surface area (Å²) in [7, 11) is 3.16. The number of rotatable bonds is 7. The maximum Gasteiger partial charge on any atom is 0.354 e. The van der Waals surface area contributed by atoms with Crippen molar-refractivity contribution in [2.75, 3.05) is 14.2 Å². The molecule has 3 rings (SSSR count). The molecule has 1 aliphatic rings. The molecule has 1 aliphatic carbocycles. The lowest BCUT2D eigenvalue weighted by molar-refractivity contribution is 0.0689. The van der Waals surface area contributed by atoms with Crippen LogP contribution < -0.4 is 9.47 Å². The van der Waals surface area contributed by atoms with Crippen LogP contribution in [0.1, 0.15) is 39.4 Å². The largest absolute Gasteiger partial charge is 0.497 e. The second-order valence-corrected chi connectivity index (χ2v) is 6.06. The van der Waals surface area contributed by atoms with Crippen molar-refractivity contribution in [1.82, 2.24) is 9.88 Å². The van der Waals surface area contributed by atoms with E-state index >= 15 is 0 Å². The van der Waals surface area contributed by atoms with Crippen molar-refractivity contribution < 1.29 is 24.2 Å². The Morgan fingerprint density at radius 2 is 1.88 bits per heavy atom. The molecule has 1 amide bonds. The fourth-order valence-corrected chi connectivity index (χ4v) is 2.76. The van der Waals surface area contributed by atoms with Crippen molar-refractivity contribution in [2.24, 2.45) is 0 Å². The zero-order valence-corrected chi connectivity index (χ0v) is 14.6. The molecule has 1 aromatic heterocycles. The molecule has 0 bridgehead atoms. The average Bonchev–Trinajstić information content (AvgIpc) is 3.50. The van der Waals surface area contributed by atoms with E-state index in [1.807, 2.05) is 6.07 Å². The number of carboxylic acids is 1. The van der Waals surface area contributed by atoms with E-state index in [-0.39, 0.29) is 23.3 Å². The number of benzene rings is 1. The van der Waals surface area contributed by atoms with E-state index < -0.39 is 5.97 Å². The minimum Gasteiger partial charge on any atom is -0.497 e. The molecule has 1 fully saturated rings. The molecule has 26 heavy (non-hydrogen) atoms. The van der Waals surface area contributed by atoms with Gasteiger partial charge in [0.25, 0.3) is 5.91 Å². The molecule has 1 aromatic carbocycles. The molecule has 136 valence electrons. The molecule has 0 atom stereocenters. The van der Waals surface area contributed by atoms with Crippen LogP contribution in [-0.4, -0.2) is 47.1 Å². The first-order valence-corrected chi connectivity index (χ1v) is 8.25. The molecule has 0 saturated heterocycles. The summed E-state index contributed by atoms with van der Waals surface area (Å²) in [5.74, 6) is -0.112. The quantitative estimate of drug-likeness (QED) is 0.820. The van der Waals surface area contributed by atoms with Gasteiger partial charge in [-0.3, -0.25) is 4.79 Å². The number of hydrogen-bond acceptors (Lipinski definition) is 5. The third kappa shape index (κ3) is 3.77. The lowest BCUT2D eigenvalue weighted by Gasteiger charge is -2.23. The van der Waals surface area contributed by atoms with Crippen LogP contribution in [0.15, 0.2) is 36.4 Å². The highest BCUT2D eigenvalue weighted by atomic mass is 16.5. The van der Waals surface area contributed by atoms with Crippen LogP contribution in [0, 0.1) is 0 Å². The van der Waals surface area contributed by atoms with Crippen LogP contribution in [0.3, 0.4) is 0 Å². The minimum absolute atomic E-state index is 0.119. The van der Waals surface area contributed by atoms with Gasteiger partial charge in [0.2, 0.25) is 0 Å². The summed E-state index contributed by atoms with van der Waals surface area (Å²) >= 11 is 0. The van der Waals surface area contributed by atoms with Crippen molar-refractivity contribution >= 4 is 11.9 Å². The standard InChI is InChI=1S/C19H20N2O5/c1-25-14-8-9-17(26-2)12(10-14)11-21(13-6-7-13)18(22)15-4-3-5-16(20-15)19(23)24/h3-5,8-10,13H,6-7,11H2,1-2H3,(H,23,24). The molecular formula is C19H20N2O5. The van der Waals surface area contributed by atoms with Gasteiger partial charge in [0, 0.05) is 11.6 Å². The maximum absolute atomic E-state index is 13.0. The molecule has 1 N–H and O–H groups in total. The number of amides is 1. The number of ether oxygens (including phenoxy) is 2. The Labute approximate surface area is 151 Å². The summed E-state index contributed by atoms with van der Waals surface area (Å²) in [5, 5.41) is 9.09. The SMILES string of the molecule is COc1ccc(OC)c(CN(C(=O)c2cccc(C(=O)O)n2)C2CC2)c1. The van der Waals surface area contributed by atoms with Gasteiger partial charge in [-0.05, 0) is 43.2 Å². The number of hydrogen-bond donors (Lipinski definition) is 1. The Kier molecular flexibility index (Phi) is 5.06. The third-order valence-corrected chi connectivity index (χ3v) is 4.26. The summed E-state index contributed by atoms with van der Waals surface area (Å²) in [5.41, 5.74) is 0.797. The molecule has 0 spiro atoms. The smallest absolute Gasteiger partial charge is 0.354 e. The lowest BCUT2D eigenvalue weighted by atomic mass is 10.1. The Morgan fingerprint density at radius 3 is 2.50 bits per heavy atom. The van der Waals surface area contributed by atoms with E-state index in [0.717, 1.165) is 18.4 Å². The first-order valence-electron chi connectivity index (χ1n) is 8.25. The second kappa shape index (κ2) is 7.43. The Morgan fingerprint density at radius 1 is 1.15 bits per heavy atom. The monoisotopic (exact) mass is 356 g/mol. The zero-order chi connectivity index (χ0) is 18.7. The second-order valence-electron chi connectivity index (χ2n) is 6.06. The molecule has 1 heterocycles. The molecule has 0 aliphatic heterocycles. The normalized spacial score (nSPS) is 13.2. The predicted molar refractivity (Wildman–Crippen MR) is 93.6 cm³/mol. The number of carbonyl (C=O) groups is 2. The highest BCUT2D eigenvalue weighted by molar-refractivity contribution is 5.94. The molecule has 2 aromatic rings. The van der Waals surface area contributed by atoms with Gasteiger partial charge in [-0.2, -0.15) is 0 Å². The van der Waals surface area contributed by atoms with Crippen LogP contribution in [0.4, 0.5) is 0 Å². The zero-order valence-electron chi connectivity index (χ0n) is 14.6. The summed E-state index contributed by atoms with van der Waals surface area (Å²) in [6.45, 7) is 0.336. The van der Waals surface area contributed by atoms with Gasteiger partial charge >= 0.3 is 5.97 Å². The fraction of sp³-hybridized carbons (Fsp3) is 0.316. The average molecular weight is 356 g/mol. The third-order valence-electron chi connectivity index (χ3n) is 4.26. The topological polar surface area (TPSA) is 89.0 Å². The number of nitrogens with zero attached hydrogens (tertiary/aromatic N) is 2. The van der Waals surface area contributed by atoms with Gasteiger partial charge < -0.3 is 19.5 Å². The molecule has 7 heteroatoms.